The van der Waals surface area contributed by atoms with Gasteiger partial charge < -0.3 is 15.8 Å². The predicted octanol–water partition coefficient (Wildman–Crippen LogP) is 3.91. The third-order valence-corrected chi connectivity index (χ3v) is 3.96. The Kier molecular flexibility index (Phi) is 4.98. The number of ether oxygens (including phenoxy) is 1. The minimum absolute atomic E-state index is 0.277. The van der Waals surface area contributed by atoms with Crippen LogP contribution in [0.25, 0.3) is 0 Å². The molecule has 2 aromatic rings. The number of hydrogen-bond acceptors (Lipinski definition) is 4. The summed E-state index contributed by atoms with van der Waals surface area (Å²) >= 11 is 7.63. The quantitative estimate of drug-likeness (QED) is 0.662. The van der Waals surface area contributed by atoms with Crippen molar-refractivity contribution in [1.29, 1.82) is 0 Å². The van der Waals surface area contributed by atoms with E-state index >= 15 is 0 Å². The highest BCUT2D eigenvalue weighted by atomic mass is 35.5. The van der Waals surface area contributed by atoms with E-state index in [1.807, 2.05) is 12.3 Å². The van der Waals surface area contributed by atoms with Crippen molar-refractivity contribution in [3.8, 4) is 5.75 Å². The van der Waals surface area contributed by atoms with Gasteiger partial charge in [-0.1, -0.05) is 11.6 Å². The lowest BCUT2D eigenvalue weighted by atomic mass is 10.2. The standard InChI is InChI=1S/C15H15ClN2O2S/c1-20-14-6-3-9(7-13(14)17)18-15(19)11-8-10(21-2)4-5-12(11)16/h3-8H,17H2,1-2H3,(H,18,19). The van der Waals surface area contributed by atoms with Crippen LogP contribution in [-0.4, -0.2) is 19.3 Å². The summed E-state index contributed by atoms with van der Waals surface area (Å²) < 4.78 is 5.08. The van der Waals surface area contributed by atoms with E-state index in [1.165, 1.54) is 7.11 Å². The monoisotopic (exact) mass is 322 g/mol. The molecule has 1 amide bonds. The lowest BCUT2D eigenvalue weighted by molar-refractivity contribution is 0.102. The van der Waals surface area contributed by atoms with Crippen LogP contribution in [0.15, 0.2) is 41.3 Å². The molecular formula is C15H15ClN2O2S. The number of carbonyl (C=O) groups excluding carboxylic acids is 1. The summed E-state index contributed by atoms with van der Waals surface area (Å²) in [4.78, 5) is 13.3. The molecule has 0 bridgehead atoms. The maximum absolute atomic E-state index is 12.3. The Hall–Kier alpha value is -1.85. The van der Waals surface area contributed by atoms with Gasteiger partial charge in [0, 0.05) is 10.6 Å². The van der Waals surface area contributed by atoms with Gasteiger partial charge >= 0.3 is 0 Å². The smallest absolute Gasteiger partial charge is 0.257 e. The van der Waals surface area contributed by atoms with Crippen molar-refractivity contribution in [1.82, 2.24) is 0 Å². The molecule has 0 spiro atoms. The second-order valence-corrected chi connectivity index (χ2v) is 5.54. The Morgan fingerprint density at radius 3 is 2.67 bits per heavy atom. The molecule has 0 saturated heterocycles. The number of nitrogen functional groups attached to an aromatic ring is 1. The maximum atomic E-state index is 12.3. The fraction of sp³-hybridized carbons (Fsp3) is 0.133. The van der Waals surface area contributed by atoms with E-state index in [-0.39, 0.29) is 5.91 Å². The summed E-state index contributed by atoms with van der Waals surface area (Å²) in [5.74, 6) is 0.288. The van der Waals surface area contributed by atoms with Gasteiger partial charge in [0.25, 0.3) is 5.91 Å². The van der Waals surface area contributed by atoms with Crippen LogP contribution in [0.3, 0.4) is 0 Å². The molecule has 3 N–H and O–H groups in total. The molecule has 6 heteroatoms. The Morgan fingerprint density at radius 2 is 2.05 bits per heavy atom. The Morgan fingerprint density at radius 1 is 1.29 bits per heavy atom. The fourth-order valence-corrected chi connectivity index (χ4v) is 2.46. The highest BCUT2D eigenvalue weighted by Crippen LogP contribution is 2.27. The molecule has 0 atom stereocenters. The molecule has 0 fully saturated rings. The van der Waals surface area contributed by atoms with Crippen molar-refractivity contribution in [2.45, 2.75) is 4.90 Å². The number of thioether (sulfide) groups is 1. The molecule has 21 heavy (non-hydrogen) atoms. The van der Waals surface area contributed by atoms with Crippen molar-refractivity contribution >= 4 is 40.6 Å². The average molecular weight is 323 g/mol. The number of rotatable bonds is 4. The minimum atomic E-state index is -0.277. The molecule has 110 valence electrons. The number of carbonyl (C=O) groups is 1. The zero-order valence-electron chi connectivity index (χ0n) is 11.6. The van der Waals surface area contributed by atoms with E-state index in [4.69, 9.17) is 22.1 Å². The van der Waals surface area contributed by atoms with Gasteiger partial charge in [0.2, 0.25) is 0 Å². The number of anilines is 2. The first-order valence-corrected chi connectivity index (χ1v) is 7.74. The summed E-state index contributed by atoms with van der Waals surface area (Å²) in [5.41, 5.74) is 7.29. The number of nitrogens with one attached hydrogen (secondary N) is 1. The lowest BCUT2D eigenvalue weighted by Gasteiger charge is -2.10. The minimum Gasteiger partial charge on any atom is -0.495 e. The molecule has 0 aliphatic heterocycles. The number of benzene rings is 2. The van der Waals surface area contributed by atoms with Crippen LogP contribution in [-0.2, 0) is 0 Å². The molecule has 0 heterocycles. The zero-order chi connectivity index (χ0) is 15.4. The molecule has 0 radical (unpaired) electrons. The second kappa shape index (κ2) is 6.74. The van der Waals surface area contributed by atoms with E-state index in [0.717, 1.165) is 4.90 Å². The Labute approximate surface area is 132 Å². The van der Waals surface area contributed by atoms with Crippen molar-refractivity contribution in [3.05, 3.63) is 47.0 Å². The summed E-state index contributed by atoms with van der Waals surface area (Å²) in [6.45, 7) is 0. The number of nitrogens with two attached hydrogens (primary N) is 1. The topological polar surface area (TPSA) is 64.3 Å². The largest absolute Gasteiger partial charge is 0.495 e. The molecule has 0 aliphatic rings. The van der Waals surface area contributed by atoms with Crippen LogP contribution in [0.1, 0.15) is 10.4 Å². The van der Waals surface area contributed by atoms with Crippen molar-refractivity contribution in [3.63, 3.8) is 0 Å². The van der Waals surface area contributed by atoms with Crippen molar-refractivity contribution < 1.29 is 9.53 Å². The van der Waals surface area contributed by atoms with Gasteiger partial charge in [-0.05, 0) is 42.7 Å². The first-order chi connectivity index (χ1) is 10.0. The van der Waals surface area contributed by atoms with Crippen LogP contribution in [0.2, 0.25) is 5.02 Å². The fourth-order valence-electron chi connectivity index (χ4n) is 1.82. The zero-order valence-corrected chi connectivity index (χ0v) is 13.2. The van der Waals surface area contributed by atoms with Crippen LogP contribution in [0, 0.1) is 0 Å². The number of amides is 1. The van der Waals surface area contributed by atoms with Gasteiger partial charge in [0.15, 0.2) is 0 Å². The summed E-state index contributed by atoms with van der Waals surface area (Å²) in [5, 5.41) is 3.18. The van der Waals surface area contributed by atoms with E-state index in [9.17, 15) is 4.79 Å². The molecule has 2 aromatic carbocycles. The van der Waals surface area contributed by atoms with Crippen molar-refractivity contribution in [2.24, 2.45) is 0 Å². The molecule has 0 saturated carbocycles. The van der Waals surface area contributed by atoms with E-state index in [0.29, 0.717) is 27.7 Å². The van der Waals surface area contributed by atoms with E-state index in [2.05, 4.69) is 5.32 Å². The van der Waals surface area contributed by atoms with Gasteiger partial charge in [-0.15, -0.1) is 11.8 Å². The normalized spacial score (nSPS) is 10.2. The number of methoxy groups -OCH3 is 1. The summed E-state index contributed by atoms with van der Waals surface area (Å²) in [6, 6.07) is 10.4. The summed E-state index contributed by atoms with van der Waals surface area (Å²) in [7, 11) is 1.54. The SMILES string of the molecule is COc1ccc(NC(=O)c2cc(SC)ccc2Cl)cc1N. The molecule has 0 unspecified atom stereocenters. The van der Waals surface area contributed by atoms with Crippen LogP contribution in [0.5, 0.6) is 5.75 Å². The second-order valence-electron chi connectivity index (χ2n) is 4.26. The van der Waals surface area contributed by atoms with Gasteiger partial charge in [-0.25, -0.2) is 0 Å². The molecule has 0 aromatic heterocycles. The first kappa shape index (κ1) is 15.5. The van der Waals surface area contributed by atoms with Gasteiger partial charge in [0.1, 0.15) is 5.75 Å². The first-order valence-electron chi connectivity index (χ1n) is 6.13. The van der Waals surface area contributed by atoms with Gasteiger partial charge in [-0.2, -0.15) is 0 Å². The van der Waals surface area contributed by atoms with Crippen LogP contribution in [0.4, 0.5) is 11.4 Å². The average Bonchev–Trinajstić information content (AvgIpc) is 2.48. The molecule has 4 nitrogen and oxygen atoms in total. The lowest BCUT2D eigenvalue weighted by Crippen LogP contribution is -2.12. The third-order valence-electron chi connectivity index (χ3n) is 2.91. The number of halogens is 1. The van der Waals surface area contributed by atoms with Gasteiger partial charge in [-0.3, -0.25) is 4.79 Å². The Balaban J connectivity index is 2.23. The van der Waals surface area contributed by atoms with E-state index in [1.54, 1.807) is 42.1 Å². The Bertz CT molecular complexity index is 677. The molecule has 0 aliphatic carbocycles. The predicted molar refractivity (Wildman–Crippen MR) is 88.6 cm³/mol. The third kappa shape index (κ3) is 3.62. The van der Waals surface area contributed by atoms with Crippen LogP contribution < -0.4 is 15.8 Å². The highest BCUT2D eigenvalue weighted by molar-refractivity contribution is 7.98. The number of hydrogen-bond donors (Lipinski definition) is 2. The van der Waals surface area contributed by atoms with Gasteiger partial charge in [0.05, 0.1) is 23.4 Å². The molecular weight excluding hydrogens is 308 g/mol. The maximum Gasteiger partial charge on any atom is 0.257 e. The summed E-state index contributed by atoms with van der Waals surface area (Å²) in [6.07, 6.45) is 1.94. The highest BCUT2D eigenvalue weighted by Gasteiger charge is 2.12. The molecule has 2 rings (SSSR count). The van der Waals surface area contributed by atoms with Crippen LogP contribution >= 0.6 is 23.4 Å². The van der Waals surface area contributed by atoms with Crippen molar-refractivity contribution in [2.75, 3.05) is 24.4 Å². The van der Waals surface area contributed by atoms with E-state index < -0.39 is 0 Å².